The number of primary amides is 1. The van der Waals surface area contributed by atoms with Gasteiger partial charge >= 0.3 is 0 Å². The number of nitrogens with one attached hydrogen (secondary N) is 1. The van der Waals surface area contributed by atoms with Crippen molar-refractivity contribution in [2.24, 2.45) is 5.73 Å². The van der Waals surface area contributed by atoms with E-state index in [9.17, 15) is 15.0 Å². The number of nitrogens with zero attached hydrogens (tertiary/aromatic N) is 2. The van der Waals surface area contributed by atoms with Crippen LogP contribution in [0.4, 0.5) is 5.69 Å². The number of rotatable bonds is 5. The summed E-state index contributed by atoms with van der Waals surface area (Å²) in [6.07, 6.45) is 1.19. The van der Waals surface area contributed by atoms with Crippen molar-refractivity contribution in [2.45, 2.75) is 6.10 Å². The molecule has 0 radical (unpaired) electrons. The molecule has 5 N–H and O–H groups in total. The van der Waals surface area contributed by atoms with Gasteiger partial charge in [-0.05, 0) is 36.5 Å². The van der Waals surface area contributed by atoms with Gasteiger partial charge in [0, 0.05) is 36.8 Å². The molecule has 9 nitrogen and oxygen atoms in total. The number of aliphatic hydroxyl groups excluding tert-OH is 1. The fourth-order valence-electron chi connectivity index (χ4n) is 3.22. The Balaban J connectivity index is 1.59. The molecule has 10 heteroatoms. The molecule has 1 aromatic heterocycles. The molecule has 3 aromatic rings. The predicted molar refractivity (Wildman–Crippen MR) is 119 cm³/mol. The van der Waals surface area contributed by atoms with Gasteiger partial charge in [0.2, 0.25) is 0 Å². The highest BCUT2D eigenvalue weighted by Gasteiger charge is 2.26. The summed E-state index contributed by atoms with van der Waals surface area (Å²) in [6.45, 7) is 0.919. The first-order valence-electron chi connectivity index (χ1n) is 9.37. The second kappa shape index (κ2) is 8.25. The fourth-order valence-corrected chi connectivity index (χ4v) is 3.48. The maximum Gasteiger partial charge on any atom is 0.252 e. The minimum atomic E-state index is -0.632. The van der Waals surface area contributed by atoms with Gasteiger partial charge in [-0.3, -0.25) is 9.78 Å². The number of nitrogens with two attached hydrogens (primary N) is 1. The van der Waals surface area contributed by atoms with E-state index in [0.717, 1.165) is 0 Å². The molecule has 1 aliphatic rings. The Labute approximate surface area is 183 Å². The Kier molecular flexibility index (Phi) is 5.49. The minimum Gasteiger partial charge on any atom is -0.506 e. The lowest BCUT2D eigenvalue weighted by atomic mass is 10.1. The standard InChI is InChI=1S/C21H20N4O5S/c1-29-19-8-16-13(7-14(19)20(22)28)18(4-5-23-16)30-12-2-3-15(17(27)6-12)24-21(31)25-9-11(26)10-25/h2-8,11,26-27H,9-10H2,1H3,(H2,22,28)(H,24,31). The van der Waals surface area contributed by atoms with Gasteiger partial charge < -0.3 is 35.6 Å². The number of carbonyl (C=O) groups is 1. The molecule has 31 heavy (non-hydrogen) atoms. The van der Waals surface area contributed by atoms with Crippen molar-refractivity contribution < 1.29 is 24.5 Å². The number of phenolic OH excluding ortho intramolecular Hbond substituents is 1. The van der Waals surface area contributed by atoms with Crippen LogP contribution in [0.15, 0.2) is 42.6 Å². The maximum absolute atomic E-state index is 11.8. The molecule has 2 heterocycles. The number of anilines is 1. The number of thiocarbonyl (C=S) groups is 1. The molecule has 2 aromatic carbocycles. The molecule has 0 saturated carbocycles. The summed E-state index contributed by atoms with van der Waals surface area (Å²) in [4.78, 5) is 17.8. The Hall–Kier alpha value is -3.63. The number of carbonyl (C=O) groups excluding carboxylic acids is 1. The van der Waals surface area contributed by atoms with Crippen molar-refractivity contribution >= 4 is 39.8 Å². The molecule has 160 valence electrons. The third kappa shape index (κ3) is 4.16. The van der Waals surface area contributed by atoms with E-state index in [-0.39, 0.29) is 17.4 Å². The van der Waals surface area contributed by atoms with Crippen LogP contribution in [0, 0.1) is 0 Å². The van der Waals surface area contributed by atoms with E-state index in [1.54, 1.807) is 41.4 Å². The molecule has 4 rings (SSSR count). The number of β-amino-alcohol motifs (C(OH)–C–C–N with tert-alkyl or cyclic N) is 1. The molecule has 1 amide bonds. The van der Waals surface area contributed by atoms with Crippen molar-refractivity contribution in [3.63, 3.8) is 0 Å². The number of aromatic hydroxyl groups is 1. The van der Waals surface area contributed by atoms with Crippen LogP contribution in [0.1, 0.15) is 10.4 Å². The third-order valence-electron chi connectivity index (χ3n) is 4.88. The van der Waals surface area contributed by atoms with E-state index in [2.05, 4.69) is 10.3 Å². The smallest absolute Gasteiger partial charge is 0.252 e. The van der Waals surface area contributed by atoms with E-state index in [0.29, 0.717) is 52.0 Å². The van der Waals surface area contributed by atoms with Gasteiger partial charge in [0.15, 0.2) is 5.11 Å². The minimum absolute atomic E-state index is 0.0567. The quantitative estimate of drug-likeness (QED) is 0.348. The molecular weight excluding hydrogens is 420 g/mol. The average molecular weight is 440 g/mol. The summed E-state index contributed by atoms with van der Waals surface area (Å²) < 4.78 is 11.2. The van der Waals surface area contributed by atoms with Gasteiger partial charge in [-0.2, -0.15) is 0 Å². The summed E-state index contributed by atoms with van der Waals surface area (Å²) >= 11 is 5.27. The maximum atomic E-state index is 11.8. The SMILES string of the molecule is COc1cc2nccc(Oc3ccc(NC(=S)N4CC(O)C4)c(O)c3)c2cc1C(N)=O. The summed E-state index contributed by atoms with van der Waals surface area (Å²) in [7, 11) is 1.45. The number of pyridine rings is 1. The zero-order valence-electron chi connectivity index (χ0n) is 16.5. The molecule has 1 fully saturated rings. The van der Waals surface area contributed by atoms with Gasteiger partial charge in [-0.1, -0.05) is 0 Å². The van der Waals surface area contributed by atoms with Crippen molar-refractivity contribution in [1.29, 1.82) is 0 Å². The molecule has 0 atom stereocenters. The first-order valence-corrected chi connectivity index (χ1v) is 9.78. The lowest BCUT2D eigenvalue weighted by molar-refractivity contribution is 0.0482. The lowest BCUT2D eigenvalue weighted by Gasteiger charge is -2.37. The van der Waals surface area contributed by atoms with E-state index in [4.69, 9.17) is 27.4 Å². The van der Waals surface area contributed by atoms with Gasteiger partial charge in [-0.25, -0.2) is 0 Å². The summed E-state index contributed by atoms with van der Waals surface area (Å²) in [5.41, 5.74) is 6.64. The van der Waals surface area contributed by atoms with E-state index < -0.39 is 5.91 Å². The number of benzene rings is 2. The van der Waals surface area contributed by atoms with Crippen LogP contribution in [-0.4, -0.2) is 57.4 Å². The van der Waals surface area contributed by atoms with Gasteiger partial charge in [0.1, 0.15) is 23.0 Å². The van der Waals surface area contributed by atoms with Crippen molar-refractivity contribution in [3.05, 3.63) is 48.2 Å². The summed E-state index contributed by atoms with van der Waals surface area (Å²) in [6, 6.07) is 9.57. The number of methoxy groups -OCH3 is 1. The Morgan fingerprint density at radius 3 is 2.68 bits per heavy atom. The highest BCUT2D eigenvalue weighted by molar-refractivity contribution is 7.80. The second-order valence-corrected chi connectivity index (χ2v) is 7.40. The molecule has 0 unspecified atom stereocenters. The predicted octanol–water partition coefficient (Wildman–Crippen LogP) is 2.21. The van der Waals surface area contributed by atoms with Crippen LogP contribution < -0.4 is 20.5 Å². The number of hydrogen-bond donors (Lipinski definition) is 4. The summed E-state index contributed by atoms with van der Waals surface area (Å²) in [5, 5.41) is 23.7. The number of ether oxygens (including phenoxy) is 2. The normalized spacial score (nSPS) is 13.5. The molecule has 0 aliphatic carbocycles. The fraction of sp³-hybridized carbons (Fsp3) is 0.190. The Morgan fingerprint density at radius 2 is 2.03 bits per heavy atom. The Bertz CT molecular complexity index is 1180. The third-order valence-corrected chi connectivity index (χ3v) is 5.24. The van der Waals surface area contributed by atoms with Crippen LogP contribution in [0.5, 0.6) is 23.0 Å². The number of aromatic nitrogens is 1. The number of aliphatic hydroxyl groups is 1. The van der Waals surface area contributed by atoms with Crippen molar-refractivity contribution in [3.8, 4) is 23.0 Å². The highest BCUT2D eigenvalue weighted by atomic mass is 32.1. The number of likely N-dealkylation sites (tertiary alicyclic amines) is 1. The molecule has 0 bridgehead atoms. The molecule has 0 spiro atoms. The van der Waals surface area contributed by atoms with Crippen LogP contribution in [0.3, 0.4) is 0 Å². The van der Waals surface area contributed by atoms with Crippen LogP contribution in [0.25, 0.3) is 10.9 Å². The number of amides is 1. The largest absolute Gasteiger partial charge is 0.506 e. The highest BCUT2D eigenvalue weighted by Crippen LogP contribution is 2.35. The first kappa shape index (κ1) is 20.6. The van der Waals surface area contributed by atoms with Crippen LogP contribution in [-0.2, 0) is 0 Å². The van der Waals surface area contributed by atoms with E-state index in [1.807, 2.05) is 0 Å². The second-order valence-electron chi connectivity index (χ2n) is 7.01. The zero-order valence-corrected chi connectivity index (χ0v) is 17.3. The van der Waals surface area contributed by atoms with Gasteiger partial charge in [0.25, 0.3) is 5.91 Å². The average Bonchev–Trinajstić information content (AvgIpc) is 2.72. The van der Waals surface area contributed by atoms with Crippen molar-refractivity contribution in [1.82, 2.24) is 9.88 Å². The zero-order chi connectivity index (χ0) is 22.1. The molecular formula is C21H20N4O5S. The van der Waals surface area contributed by atoms with Crippen LogP contribution >= 0.6 is 12.2 Å². The van der Waals surface area contributed by atoms with Gasteiger partial charge in [0.05, 0.1) is 30.0 Å². The van der Waals surface area contributed by atoms with Crippen molar-refractivity contribution in [2.75, 3.05) is 25.5 Å². The van der Waals surface area contributed by atoms with Crippen LogP contribution in [0.2, 0.25) is 0 Å². The molecule has 1 saturated heterocycles. The number of phenols is 1. The van der Waals surface area contributed by atoms with Gasteiger partial charge in [-0.15, -0.1) is 0 Å². The monoisotopic (exact) mass is 440 g/mol. The van der Waals surface area contributed by atoms with E-state index >= 15 is 0 Å². The number of hydrogen-bond acceptors (Lipinski definition) is 7. The number of fused-ring (bicyclic) bond motifs is 1. The Morgan fingerprint density at radius 1 is 1.26 bits per heavy atom. The topological polar surface area (TPSA) is 130 Å². The first-order chi connectivity index (χ1) is 14.9. The lowest BCUT2D eigenvalue weighted by Crippen LogP contribution is -2.54. The molecule has 1 aliphatic heterocycles. The van der Waals surface area contributed by atoms with E-state index in [1.165, 1.54) is 13.2 Å². The summed E-state index contributed by atoms with van der Waals surface area (Å²) in [5.74, 6) is 0.437.